The van der Waals surface area contributed by atoms with Crippen molar-refractivity contribution in [2.24, 2.45) is 0 Å². The number of carbonyl (C=O) groups excluding carboxylic acids is 2. The van der Waals surface area contributed by atoms with Crippen molar-refractivity contribution in [3.8, 4) is 11.5 Å². The highest BCUT2D eigenvalue weighted by Crippen LogP contribution is 2.47. The van der Waals surface area contributed by atoms with Crippen LogP contribution in [0.15, 0.2) is 40.9 Å². The van der Waals surface area contributed by atoms with Gasteiger partial charge in [-0.3, -0.25) is 0 Å². The quantitative estimate of drug-likeness (QED) is 0.526. The summed E-state index contributed by atoms with van der Waals surface area (Å²) in [6.45, 7) is 0.374. The average molecular weight is 448 g/mol. The summed E-state index contributed by atoms with van der Waals surface area (Å²) in [4.78, 5) is 29.4. The SMILES string of the molecule is COc1cc2c(c(OC)c1)C1(Cc3ccc(Br)cc3)OC(=O)C(=O)ON1CC2. The van der Waals surface area contributed by atoms with E-state index in [2.05, 4.69) is 15.9 Å². The molecule has 1 saturated heterocycles. The van der Waals surface area contributed by atoms with Gasteiger partial charge in [0.1, 0.15) is 11.5 Å². The molecule has 28 heavy (non-hydrogen) atoms. The van der Waals surface area contributed by atoms with E-state index in [1.54, 1.807) is 13.2 Å². The van der Waals surface area contributed by atoms with Crippen molar-refractivity contribution in [2.45, 2.75) is 18.6 Å². The largest absolute Gasteiger partial charge is 0.497 e. The normalized spacial score (nSPS) is 21.2. The molecule has 8 heteroatoms. The van der Waals surface area contributed by atoms with Crippen molar-refractivity contribution in [1.82, 2.24) is 5.06 Å². The van der Waals surface area contributed by atoms with Gasteiger partial charge in [0.2, 0.25) is 5.72 Å². The molecule has 1 fully saturated rings. The number of halogens is 1. The molecule has 0 spiro atoms. The molecule has 2 heterocycles. The molecular formula is C20H18BrNO6. The van der Waals surface area contributed by atoms with Gasteiger partial charge in [-0.1, -0.05) is 33.1 Å². The van der Waals surface area contributed by atoms with Crippen molar-refractivity contribution in [3.63, 3.8) is 0 Å². The molecule has 2 aromatic rings. The third-order valence-corrected chi connectivity index (χ3v) is 5.50. The first kappa shape index (κ1) is 18.8. The third kappa shape index (κ3) is 3.02. The van der Waals surface area contributed by atoms with Crippen LogP contribution >= 0.6 is 15.9 Å². The van der Waals surface area contributed by atoms with E-state index >= 15 is 0 Å². The number of fused-ring (bicyclic) bond motifs is 3. The van der Waals surface area contributed by atoms with Gasteiger partial charge < -0.3 is 19.0 Å². The van der Waals surface area contributed by atoms with Crippen molar-refractivity contribution < 1.29 is 28.6 Å². The number of ether oxygens (including phenoxy) is 3. The highest BCUT2D eigenvalue weighted by atomic mass is 79.9. The van der Waals surface area contributed by atoms with E-state index in [0.29, 0.717) is 30.0 Å². The van der Waals surface area contributed by atoms with Crippen LogP contribution in [0.3, 0.4) is 0 Å². The lowest BCUT2D eigenvalue weighted by Crippen LogP contribution is -2.60. The molecule has 0 bridgehead atoms. The topological polar surface area (TPSA) is 74.3 Å². The Bertz CT molecular complexity index is 927. The van der Waals surface area contributed by atoms with Gasteiger partial charge in [-0.25, -0.2) is 9.59 Å². The summed E-state index contributed by atoms with van der Waals surface area (Å²) in [7, 11) is 3.12. The van der Waals surface area contributed by atoms with Crippen LogP contribution in [0.5, 0.6) is 11.5 Å². The summed E-state index contributed by atoms with van der Waals surface area (Å²) in [6.07, 6.45) is 0.866. The lowest BCUT2D eigenvalue weighted by molar-refractivity contribution is -0.317. The molecule has 2 aromatic carbocycles. The number of carbonyl (C=O) groups is 2. The highest BCUT2D eigenvalue weighted by molar-refractivity contribution is 9.10. The monoisotopic (exact) mass is 447 g/mol. The number of benzene rings is 2. The number of hydrogen-bond acceptors (Lipinski definition) is 7. The maximum atomic E-state index is 12.2. The zero-order valence-corrected chi connectivity index (χ0v) is 16.9. The Balaban J connectivity index is 1.90. The summed E-state index contributed by atoms with van der Waals surface area (Å²) in [6, 6.07) is 11.3. The van der Waals surface area contributed by atoms with Gasteiger partial charge in [-0.15, -0.1) is 0 Å². The minimum Gasteiger partial charge on any atom is -0.497 e. The highest BCUT2D eigenvalue weighted by Gasteiger charge is 2.55. The van der Waals surface area contributed by atoms with Crippen LogP contribution < -0.4 is 9.47 Å². The van der Waals surface area contributed by atoms with E-state index in [1.807, 2.05) is 30.3 Å². The van der Waals surface area contributed by atoms with Gasteiger partial charge in [0, 0.05) is 23.5 Å². The molecule has 0 saturated carbocycles. The van der Waals surface area contributed by atoms with Crippen LogP contribution in [0.4, 0.5) is 0 Å². The van der Waals surface area contributed by atoms with E-state index in [9.17, 15) is 9.59 Å². The summed E-state index contributed by atoms with van der Waals surface area (Å²) in [5.41, 5.74) is 1.16. The maximum Gasteiger partial charge on any atom is 0.436 e. The lowest BCUT2D eigenvalue weighted by Gasteiger charge is -2.47. The first-order chi connectivity index (χ1) is 13.5. The van der Waals surface area contributed by atoms with E-state index in [4.69, 9.17) is 19.0 Å². The molecule has 0 amide bonds. The zero-order chi connectivity index (χ0) is 19.9. The lowest BCUT2D eigenvalue weighted by atomic mass is 9.85. The minimum absolute atomic E-state index is 0.287. The summed E-state index contributed by atoms with van der Waals surface area (Å²) >= 11 is 3.42. The molecule has 2 aliphatic rings. The average Bonchev–Trinajstić information content (AvgIpc) is 2.70. The van der Waals surface area contributed by atoms with E-state index in [0.717, 1.165) is 15.6 Å². The van der Waals surface area contributed by atoms with E-state index in [-0.39, 0.29) is 6.42 Å². The Morgan fingerprint density at radius 3 is 2.54 bits per heavy atom. The molecule has 1 unspecified atom stereocenters. The molecule has 0 N–H and O–H groups in total. The molecule has 7 nitrogen and oxygen atoms in total. The number of esters is 1. The second kappa shape index (κ2) is 7.10. The number of nitrogens with zero attached hydrogens (tertiary/aromatic N) is 1. The molecule has 146 valence electrons. The van der Waals surface area contributed by atoms with Crippen LogP contribution in [-0.4, -0.2) is 37.8 Å². The summed E-state index contributed by atoms with van der Waals surface area (Å²) < 4.78 is 17.7. The van der Waals surface area contributed by atoms with Gasteiger partial charge in [0.05, 0.1) is 19.8 Å². The molecule has 0 aromatic heterocycles. The van der Waals surface area contributed by atoms with Crippen LogP contribution in [-0.2, 0) is 37.7 Å². The molecule has 0 aliphatic carbocycles. The molecule has 4 rings (SSSR count). The Morgan fingerprint density at radius 1 is 1.11 bits per heavy atom. The van der Waals surface area contributed by atoms with Crippen LogP contribution in [0.2, 0.25) is 0 Å². The fourth-order valence-electron chi connectivity index (χ4n) is 3.74. The van der Waals surface area contributed by atoms with Crippen molar-refractivity contribution in [1.29, 1.82) is 0 Å². The zero-order valence-electron chi connectivity index (χ0n) is 15.4. The Labute approximate surface area is 170 Å². The fraction of sp³-hybridized carbons (Fsp3) is 0.300. The smallest absolute Gasteiger partial charge is 0.436 e. The van der Waals surface area contributed by atoms with Gasteiger partial charge in [-0.2, -0.15) is 0 Å². The van der Waals surface area contributed by atoms with Gasteiger partial charge in [0.25, 0.3) is 0 Å². The Kier molecular flexibility index (Phi) is 4.76. The van der Waals surface area contributed by atoms with Gasteiger partial charge in [0.15, 0.2) is 0 Å². The number of rotatable bonds is 4. The number of hydroxylamine groups is 2. The second-order valence-corrected chi connectivity index (χ2v) is 7.49. The predicted octanol–water partition coefficient (Wildman–Crippen LogP) is 2.73. The van der Waals surface area contributed by atoms with Crippen molar-refractivity contribution in [3.05, 3.63) is 57.6 Å². The predicted molar refractivity (Wildman–Crippen MR) is 102 cm³/mol. The summed E-state index contributed by atoms with van der Waals surface area (Å²) in [5.74, 6) is -0.912. The number of methoxy groups -OCH3 is 2. The third-order valence-electron chi connectivity index (χ3n) is 4.97. The molecule has 1 atom stereocenters. The molecule has 0 radical (unpaired) electrons. The summed E-state index contributed by atoms with van der Waals surface area (Å²) in [5, 5.41) is 1.44. The first-order valence-corrected chi connectivity index (χ1v) is 9.49. The second-order valence-electron chi connectivity index (χ2n) is 6.57. The van der Waals surface area contributed by atoms with Crippen LogP contribution in [0, 0.1) is 0 Å². The van der Waals surface area contributed by atoms with Crippen LogP contribution in [0.25, 0.3) is 0 Å². The Morgan fingerprint density at radius 2 is 1.86 bits per heavy atom. The first-order valence-electron chi connectivity index (χ1n) is 8.69. The molecule has 2 aliphatic heterocycles. The van der Waals surface area contributed by atoms with E-state index in [1.165, 1.54) is 12.2 Å². The van der Waals surface area contributed by atoms with Gasteiger partial charge in [-0.05, 0) is 35.7 Å². The van der Waals surface area contributed by atoms with E-state index < -0.39 is 17.7 Å². The van der Waals surface area contributed by atoms with Crippen molar-refractivity contribution in [2.75, 3.05) is 20.8 Å². The van der Waals surface area contributed by atoms with Crippen molar-refractivity contribution >= 4 is 27.9 Å². The minimum atomic E-state index is -1.32. The molecular weight excluding hydrogens is 430 g/mol. The van der Waals surface area contributed by atoms with Gasteiger partial charge >= 0.3 is 11.9 Å². The maximum absolute atomic E-state index is 12.2. The fourth-order valence-corrected chi connectivity index (χ4v) is 4.00. The van der Waals surface area contributed by atoms with Crippen LogP contribution in [0.1, 0.15) is 16.7 Å². The Hall–Kier alpha value is -2.58. The standard InChI is InChI=1S/C20H18BrNO6/c1-25-15-9-13-7-8-22-20(17(13)16(10-15)26-2,27-18(23)19(24)28-22)11-12-3-5-14(21)6-4-12/h3-6,9-10H,7-8,11H2,1-2H3. The number of hydrogen-bond donors (Lipinski definition) is 0.